The van der Waals surface area contributed by atoms with E-state index in [0.29, 0.717) is 25.7 Å². The van der Waals surface area contributed by atoms with Crippen LogP contribution in [-0.2, 0) is 4.79 Å². The molecule has 0 bridgehead atoms. The zero-order valence-electron chi connectivity index (χ0n) is 12.3. The van der Waals surface area contributed by atoms with Crippen LogP contribution in [0.1, 0.15) is 52.4 Å². The third-order valence-corrected chi connectivity index (χ3v) is 4.50. The molecule has 2 rings (SSSR count). The number of nitrogens with zero attached hydrogens (tertiary/aromatic N) is 1. The van der Waals surface area contributed by atoms with Crippen molar-refractivity contribution in [1.29, 1.82) is 0 Å². The van der Waals surface area contributed by atoms with E-state index in [4.69, 9.17) is 0 Å². The summed E-state index contributed by atoms with van der Waals surface area (Å²) in [5.41, 5.74) is -0.532. The van der Waals surface area contributed by atoms with E-state index in [2.05, 4.69) is 19.2 Å². The van der Waals surface area contributed by atoms with Gasteiger partial charge >= 0.3 is 0 Å². The highest BCUT2D eigenvalue weighted by molar-refractivity contribution is 5.78. The third-order valence-electron chi connectivity index (χ3n) is 4.50. The van der Waals surface area contributed by atoms with Crippen molar-refractivity contribution in [3.8, 4) is 0 Å². The van der Waals surface area contributed by atoms with E-state index < -0.39 is 5.60 Å². The van der Waals surface area contributed by atoms with E-state index in [1.165, 1.54) is 12.8 Å². The summed E-state index contributed by atoms with van der Waals surface area (Å²) in [5.74, 6) is 0.936. The average Bonchev–Trinajstić information content (AvgIpc) is 2.30. The van der Waals surface area contributed by atoms with Crippen molar-refractivity contribution in [3.05, 3.63) is 0 Å². The van der Waals surface area contributed by atoms with Crippen molar-refractivity contribution in [3.63, 3.8) is 0 Å². The van der Waals surface area contributed by atoms with Gasteiger partial charge in [-0.15, -0.1) is 0 Å². The van der Waals surface area contributed by atoms with E-state index in [0.717, 1.165) is 31.6 Å². The lowest BCUT2D eigenvalue weighted by Gasteiger charge is -2.46. The number of nitrogens with one attached hydrogen (secondary N) is 1. The molecule has 4 heteroatoms. The monoisotopic (exact) mass is 268 g/mol. The molecule has 4 nitrogen and oxygen atoms in total. The minimum Gasteiger partial charge on any atom is -0.387 e. The predicted octanol–water partition coefficient (Wildman–Crippen LogP) is 1.53. The molecule has 0 spiro atoms. The highest BCUT2D eigenvalue weighted by Gasteiger charge is 2.40. The largest absolute Gasteiger partial charge is 0.387 e. The van der Waals surface area contributed by atoms with Crippen LogP contribution in [0.3, 0.4) is 0 Å². The van der Waals surface area contributed by atoms with E-state index in [1.807, 2.05) is 4.90 Å². The molecule has 1 saturated carbocycles. The quantitative estimate of drug-likeness (QED) is 0.795. The Labute approximate surface area is 116 Å². The molecular weight excluding hydrogens is 240 g/mol. The molecule has 1 saturated heterocycles. The van der Waals surface area contributed by atoms with Crippen LogP contribution in [0.2, 0.25) is 0 Å². The van der Waals surface area contributed by atoms with Crippen LogP contribution in [-0.4, -0.2) is 47.2 Å². The molecule has 0 radical (unpaired) electrons. The topological polar surface area (TPSA) is 52.6 Å². The van der Waals surface area contributed by atoms with Gasteiger partial charge in [0.15, 0.2) is 0 Å². The van der Waals surface area contributed by atoms with Crippen LogP contribution in [0.5, 0.6) is 0 Å². The number of amides is 1. The number of aliphatic hydroxyl groups is 1. The van der Waals surface area contributed by atoms with Gasteiger partial charge in [-0.2, -0.15) is 0 Å². The van der Waals surface area contributed by atoms with Crippen molar-refractivity contribution < 1.29 is 9.90 Å². The molecule has 1 amide bonds. The van der Waals surface area contributed by atoms with Crippen molar-refractivity contribution >= 4 is 5.91 Å². The first kappa shape index (κ1) is 14.8. The van der Waals surface area contributed by atoms with E-state index >= 15 is 0 Å². The SMILES string of the molecule is CCCC1(O)CN(CC(=O)NC2CCC(C)CC2)C1. The minimum atomic E-state index is -0.532. The van der Waals surface area contributed by atoms with Gasteiger partial charge in [0.05, 0.1) is 12.1 Å². The number of likely N-dealkylation sites (tertiary alicyclic amines) is 1. The third kappa shape index (κ3) is 4.18. The molecule has 110 valence electrons. The Morgan fingerprint density at radius 2 is 1.95 bits per heavy atom. The normalized spacial score (nSPS) is 30.7. The first-order chi connectivity index (χ1) is 9.00. The van der Waals surface area contributed by atoms with Gasteiger partial charge in [0.2, 0.25) is 5.91 Å². The second-order valence-electron chi connectivity index (χ2n) is 6.64. The van der Waals surface area contributed by atoms with E-state index in [1.54, 1.807) is 0 Å². The second kappa shape index (κ2) is 6.23. The molecular formula is C15H28N2O2. The van der Waals surface area contributed by atoms with E-state index in [9.17, 15) is 9.90 Å². The van der Waals surface area contributed by atoms with Crippen LogP contribution in [0.25, 0.3) is 0 Å². The lowest BCUT2D eigenvalue weighted by molar-refractivity contribution is -0.134. The zero-order chi connectivity index (χ0) is 13.9. The molecule has 0 atom stereocenters. The molecule has 1 aliphatic heterocycles. The van der Waals surface area contributed by atoms with Gasteiger partial charge in [0.25, 0.3) is 0 Å². The first-order valence-corrected chi connectivity index (χ1v) is 7.75. The summed E-state index contributed by atoms with van der Waals surface area (Å²) in [4.78, 5) is 14.0. The van der Waals surface area contributed by atoms with Gasteiger partial charge in [0.1, 0.15) is 0 Å². The van der Waals surface area contributed by atoms with Crippen molar-refractivity contribution in [2.45, 2.75) is 64.0 Å². The number of β-amino-alcohol motifs (C(OH)–C–C–N with tert-alkyl or cyclic N) is 1. The fourth-order valence-electron chi connectivity index (χ4n) is 3.40. The van der Waals surface area contributed by atoms with Gasteiger partial charge in [-0.05, 0) is 38.0 Å². The number of rotatable bonds is 5. The summed E-state index contributed by atoms with van der Waals surface area (Å²) in [7, 11) is 0. The molecule has 2 N–H and O–H groups in total. The Hall–Kier alpha value is -0.610. The zero-order valence-corrected chi connectivity index (χ0v) is 12.3. The van der Waals surface area contributed by atoms with Crippen molar-refractivity contribution in [2.24, 2.45) is 5.92 Å². The molecule has 0 aromatic carbocycles. The lowest BCUT2D eigenvalue weighted by atomic mass is 9.87. The Morgan fingerprint density at radius 1 is 1.32 bits per heavy atom. The number of hydrogen-bond donors (Lipinski definition) is 2. The average molecular weight is 268 g/mol. The Bertz CT molecular complexity index is 305. The van der Waals surface area contributed by atoms with Gasteiger partial charge in [-0.25, -0.2) is 0 Å². The van der Waals surface area contributed by atoms with Crippen LogP contribution < -0.4 is 5.32 Å². The molecule has 1 heterocycles. The molecule has 0 unspecified atom stereocenters. The highest BCUT2D eigenvalue weighted by Crippen LogP contribution is 2.26. The standard InChI is InChI=1S/C15H28N2O2/c1-3-8-15(19)10-17(11-15)9-14(18)16-13-6-4-12(2)5-7-13/h12-13,19H,3-11H2,1-2H3,(H,16,18). The summed E-state index contributed by atoms with van der Waals surface area (Å²) >= 11 is 0. The molecule has 2 aliphatic rings. The lowest BCUT2D eigenvalue weighted by Crippen LogP contribution is -2.63. The maximum atomic E-state index is 11.9. The van der Waals surface area contributed by atoms with Gasteiger partial charge in [-0.3, -0.25) is 9.69 Å². The molecule has 2 fully saturated rings. The number of carbonyl (C=O) groups is 1. The maximum Gasteiger partial charge on any atom is 0.234 e. The number of hydrogen-bond acceptors (Lipinski definition) is 3. The fourth-order valence-corrected chi connectivity index (χ4v) is 3.40. The highest BCUT2D eigenvalue weighted by atomic mass is 16.3. The predicted molar refractivity (Wildman–Crippen MR) is 75.9 cm³/mol. The Balaban J connectivity index is 1.63. The molecule has 0 aromatic rings. The van der Waals surface area contributed by atoms with Crippen LogP contribution in [0.15, 0.2) is 0 Å². The van der Waals surface area contributed by atoms with Gasteiger partial charge < -0.3 is 10.4 Å². The summed E-state index contributed by atoms with van der Waals surface area (Å²) in [6.07, 6.45) is 6.53. The van der Waals surface area contributed by atoms with Gasteiger partial charge in [0, 0.05) is 19.1 Å². The molecule has 1 aliphatic carbocycles. The summed E-state index contributed by atoms with van der Waals surface area (Å²) in [6.45, 7) is 6.11. The first-order valence-electron chi connectivity index (χ1n) is 7.75. The summed E-state index contributed by atoms with van der Waals surface area (Å²) < 4.78 is 0. The number of carbonyl (C=O) groups excluding carboxylic acids is 1. The van der Waals surface area contributed by atoms with Crippen molar-refractivity contribution in [2.75, 3.05) is 19.6 Å². The summed E-state index contributed by atoms with van der Waals surface area (Å²) in [6, 6.07) is 0.375. The summed E-state index contributed by atoms with van der Waals surface area (Å²) in [5, 5.41) is 13.2. The van der Waals surface area contributed by atoms with Crippen LogP contribution in [0.4, 0.5) is 0 Å². The minimum absolute atomic E-state index is 0.123. The van der Waals surface area contributed by atoms with E-state index in [-0.39, 0.29) is 5.91 Å². The Kier molecular flexibility index (Phi) is 4.85. The second-order valence-corrected chi connectivity index (χ2v) is 6.64. The molecule has 0 aromatic heterocycles. The fraction of sp³-hybridized carbons (Fsp3) is 0.933. The maximum absolute atomic E-state index is 11.9. The van der Waals surface area contributed by atoms with Crippen LogP contribution >= 0.6 is 0 Å². The smallest absolute Gasteiger partial charge is 0.234 e. The van der Waals surface area contributed by atoms with Gasteiger partial charge in [-0.1, -0.05) is 20.3 Å². The Morgan fingerprint density at radius 3 is 2.53 bits per heavy atom. The van der Waals surface area contributed by atoms with Crippen LogP contribution in [0, 0.1) is 5.92 Å². The van der Waals surface area contributed by atoms with Crippen molar-refractivity contribution in [1.82, 2.24) is 10.2 Å². The molecule has 19 heavy (non-hydrogen) atoms.